The monoisotopic (exact) mass is 537 g/mol. The van der Waals surface area contributed by atoms with Crippen LogP contribution >= 0.6 is 31.9 Å². The summed E-state index contributed by atoms with van der Waals surface area (Å²) < 4.78 is 7.06. The van der Waals surface area contributed by atoms with Crippen molar-refractivity contribution in [3.63, 3.8) is 0 Å². The number of aromatic nitrogens is 1. The molecule has 154 valence electrons. The van der Waals surface area contributed by atoms with Gasteiger partial charge in [0.15, 0.2) is 0 Å². The highest BCUT2D eigenvalue weighted by Gasteiger charge is 2.14. The van der Waals surface area contributed by atoms with E-state index in [1.54, 1.807) is 19.4 Å². The van der Waals surface area contributed by atoms with Crippen LogP contribution in [0.25, 0.3) is 22.2 Å². The summed E-state index contributed by atoms with van der Waals surface area (Å²) in [5, 5.41) is 4.91. The van der Waals surface area contributed by atoms with Gasteiger partial charge in [-0.2, -0.15) is 5.10 Å². The maximum Gasteiger partial charge on any atom is 0.272 e. The number of ether oxygens (including phenoxy) is 1. The maximum atomic E-state index is 13.0. The molecule has 31 heavy (non-hydrogen) atoms. The number of halogens is 2. The van der Waals surface area contributed by atoms with Gasteiger partial charge in [-0.1, -0.05) is 64.5 Å². The van der Waals surface area contributed by atoms with Crippen LogP contribution in [0.1, 0.15) is 15.9 Å². The fourth-order valence-electron chi connectivity index (χ4n) is 3.23. The predicted octanol–water partition coefficient (Wildman–Crippen LogP) is 6.20. The first kappa shape index (κ1) is 21.2. The fraction of sp³-hybridized carbons (Fsp3) is 0.0417. The van der Waals surface area contributed by atoms with E-state index >= 15 is 0 Å². The molecule has 3 aromatic carbocycles. The van der Waals surface area contributed by atoms with Crippen LogP contribution in [0, 0.1) is 0 Å². The Hall–Kier alpha value is -3.03. The van der Waals surface area contributed by atoms with Crippen LogP contribution in [-0.4, -0.2) is 24.2 Å². The lowest BCUT2D eigenvalue weighted by atomic mass is 10.0. The molecule has 0 fully saturated rings. The Labute approximate surface area is 196 Å². The van der Waals surface area contributed by atoms with Gasteiger partial charge in [0, 0.05) is 21.0 Å². The zero-order valence-corrected chi connectivity index (χ0v) is 19.6. The molecule has 1 amide bonds. The molecular weight excluding hydrogens is 522 g/mol. The van der Waals surface area contributed by atoms with Crippen LogP contribution in [0.3, 0.4) is 0 Å². The summed E-state index contributed by atoms with van der Waals surface area (Å²) in [6.45, 7) is 0. The molecule has 0 saturated carbocycles. The van der Waals surface area contributed by atoms with Gasteiger partial charge in [-0.25, -0.2) is 10.4 Å². The zero-order chi connectivity index (χ0) is 21.8. The Bertz CT molecular complexity index is 1290. The molecule has 4 aromatic rings. The molecule has 1 N–H and O–H groups in total. The van der Waals surface area contributed by atoms with E-state index in [2.05, 4.69) is 42.4 Å². The number of nitrogens with zero attached hydrogens (tertiary/aromatic N) is 2. The molecule has 7 heteroatoms. The summed E-state index contributed by atoms with van der Waals surface area (Å²) in [5.41, 5.74) is 6.26. The van der Waals surface area contributed by atoms with Crippen molar-refractivity contribution in [2.24, 2.45) is 5.10 Å². The molecule has 0 spiro atoms. The molecule has 0 saturated heterocycles. The number of rotatable bonds is 5. The highest BCUT2D eigenvalue weighted by Crippen LogP contribution is 2.31. The van der Waals surface area contributed by atoms with E-state index in [-0.39, 0.29) is 5.91 Å². The Morgan fingerprint density at radius 3 is 2.55 bits per heavy atom. The van der Waals surface area contributed by atoms with Gasteiger partial charge in [0.2, 0.25) is 0 Å². The SMILES string of the molecule is COc1c(Br)cc(Br)cc1/C=N\NC(=O)c1cc(-c2ccccc2)nc2ccccc12. The van der Waals surface area contributed by atoms with Crippen LogP contribution in [0.2, 0.25) is 0 Å². The molecule has 4 rings (SSSR count). The number of methoxy groups -OCH3 is 1. The minimum Gasteiger partial charge on any atom is -0.495 e. The van der Waals surface area contributed by atoms with Gasteiger partial charge in [-0.15, -0.1) is 0 Å². The normalized spacial score (nSPS) is 11.1. The summed E-state index contributed by atoms with van der Waals surface area (Å²) in [7, 11) is 1.58. The van der Waals surface area contributed by atoms with Gasteiger partial charge in [0.25, 0.3) is 5.91 Å². The smallest absolute Gasteiger partial charge is 0.272 e. The standard InChI is InChI=1S/C24H17Br2N3O2/c1-31-23-16(11-17(25)12-20(23)26)14-27-29-24(30)19-13-22(15-7-3-2-4-8-15)28-21-10-6-5-9-18(19)21/h2-14H,1H3,(H,29,30)/b27-14-. The number of hydrogen-bond donors (Lipinski definition) is 1. The van der Waals surface area contributed by atoms with Crippen molar-refractivity contribution < 1.29 is 9.53 Å². The van der Waals surface area contributed by atoms with Crippen LogP contribution in [-0.2, 0) is 0 Å². The molecule has 0 aliphatic carbocycles. The van der Waals surface area contributed by atoms with E-state index in [1.807, 2.05) is 66.7 Å². The highest BCUT2D eigenvalue weighted by molar-refractivity contribution is 9.11. The lowest BCUT2D eigenvalue weighted by molar-refractivity contribution is 0.0956. The van der Waals surface area contributed by atoms with E-state index in [1.165, 1.54) is 0 Å². The molecule has 1 heterocycles. The van der Waals surface area contributed by atoms with Crippen molar-refractivity contribution >= 4 is 54.9 Å². The number of pyridine rings is 1. The fourth-order valence-corrected chi connectivity index (χ4v) is 4.65. The number of hydrazone groups is 1. The summed E-state index contributed by atoms with van der Waals surface area (Å²) >= 11 is 6.91. The summed E-state index contributed by atoms with van der Waals surface area (Å²) in [4.78, 5) is 17.7. The topological polar surface area (TPSA) is 63.6 Å². The van der Waals surface area contributed by atoms with Crippen molar-refractivity contribution in [2.75, 3.05) is 7.11 Å². The van der Waals surface area contributed by atoms with Crippen molar-refractivity contribution in [2.45, 2.75) is 0 Å². The van der Waals surface area contributed by atoms with E-state index in [4.69, 9.17) is 9.72 Å². The van der Waals surface area contributed by atoms with Crippen molar-refractivity contribution in [3.05, 3.63) is 92.9 Å². The van der Waals surface area contributed by atoms with Gasteiger partial charge in [-0.3, -0.25) is 4.79 Å². The maximum absolute atomic E-state index is 13.0. The third-order valence-corrected chi connectivity index (χ3v) is 5.69. The van der Waals surface area contributed by atoms with Gasteiger partial charge in [0.1, 0.15) is 5.75 Å². The number of benzene rings is 3. The Kier molecular flexibility index (Phi) is 6.44. The van der Waals surface area contributed by atoms with E-state index < -0.39 is 0 Å². The Morgan fingerprint density at radius 2 is 1.77 bits per heavy atom. The molecule has 0 radical (unpaired) electrons. The largest absolute Gasteiger partial charge is 0.495 e. The van der Waals surface area contributed by atoms with E-state index in [9.17, 15) is 4.79 Å². The number of hydrogen-bond acceptors (Lipinski definition) is 4. The molecule has 0 aliphatic heterocycles. The average Bonchev–Trinajstić information content (AvgIpc) is 2.78. The molecule has 0 bridgehead atoms. The van der Waals surface area contributed by atoms with E-state index in [0.29, 0.717) is 16.9 Å². The van der Waals surface area contributed by atoms with Crippen LogP contribution < -0.4 is 10.2 Å². The minimum atomic E-state index is -0.319. The number of carbonyl (C=O) groups is 1. The van der Waals surface area contributed by atoms with Gasteiger partial charge < -0.3 is 4.74 Å². The summed E-state index contributed by atoms with van der Waals surface area (Å²) in [6.07, 6.45) is 1.55. The molecule has 5 nitrogen and oxygen atoms in total. The van der Waals surface area contributed by atoms with Gasteiger partial charge >= 0.3 is 0 Å². The number of carbonyl (C=O) groups excluding carboxylic acids is 1. The molecule has 1 aromatic heterocycles. The third-order valence-electron chi connectivity index (χ3n) is 4.64. The van der Waals surface area contributed by atoms with Crippen LogP contribution in [0.4, 0.5) is 0 Å². The first-order valence-corrected chi connectivity index (χ1v) is 11.0. The minimum absolute atomic E-state index is 0.319. The zero-order valence-electron chi connectivity index (χ0n) is 16.5. The number of nitrogens with one attached hydrogen (secondary N) is 1. The molecule has 0 atom stereocenters. The lowest BCUT2D eigenvalue weighted by Gasteiger charge is -2.09. The van der Waals surface area contributed by atoms with Gasteiger partial charge in [0.05, 0.1) is 34.6 Å². The number of amides is 1. The third kappa shape index (κ3) is 4.68. The second kappa shape index (κ2) is 9.41. The van der Waals surface area contributed by atoms with Gasteiger partial charge in [-0.05, 0) is 40.2 Å². The second-order valence-electron chi connectivity index (χ2n) is 6.65. The summed E-state index contributed by atoms with van der Waals surface area (Å²) in [5.74, 6) is 0.307. The van der Waals surface area contributed by atoms with Crippen molar-refractivity contribution in [1.82, 2.24) is 10.4 Å². The van der Waals surface area contributed by atoms with Crippen molar-refractivity contribution in [1.29, 1.82) is 0 Å². The molecular formula is C24H17Br2N3O2. The van der Waals surface area contributed by atoms with E-state index in [0.717, 1.165) is 31.1 Å². The summed E-state index contributed by atoms with van der Waals surface area (Å²) in [6, 6.07) is 22.9. The number of fused-ring (bicyclic) bond motifs is 1. The lowest BCUT2D eigenvalue weighted by Crippen LogP contribution is -2.18. The van der Waals surface area contributed by atoms with Crippen molar-refractivity contribution in [3.8, 4) is 17.0 Å². The molecule has 0 unspecified atom stereocenters. The second-order valence-corrected chi connectivity index (χ2v) is 8.42. The Morgan fingerprint density at radius 1 is 1.03 bits per heavy atom. The first-order chi connectivity index (χ1) is 15.1. The molecule has 0 aliphatic rings. The van der Waals surface area contributed by atoms with Crippen LogP contribution in [0.5, 0.6) is 5.75 Å². The first-order valence-electron chi connectivity index (χ1n) is 9.38. The quantitative estimate of drug-likeness (QED) is 0.243. The number of para-hydroxylation sites is 1. The average molecular weight is 539 g/mol. The highest BCUT2D eigenvalue weighted by atomic mass is 79.9. The van der Waals surface area contributed by atoms with Crippen LogP contribution in [0.15, 0.2) is 86.8 Å². The Balaban J connectivity index is 1.68. The predicted molar refractivity (Wildman–Crippen MR) is 131 cm³/mol.